The molecule has 1 heterocycles. The van der Waals surface area contributed by atoms with Crippen LogP contribution in [0.5, 0.6) is 0 Å². The molecule has 0 amide bonds. The van der Waals surface area contributed by atoms with Gasteiger partial charge in [-0.3, -0.25) is 0 Å². The van der Waals surface area contributed by atoms with Crippen molar-refractivity contribution < 1.29 is 17.0 Å². The van der Waals surface area contributed by atoms with Crippen molar-refractivity contribution in [3.8, 4) is 0 Å². The summed E-state index contributed by atoms with van der Waals surface area (Å²) in [4.78, 5) is 0. The summed E-state index contributed by atoms with van der Waals surface area (Å²) in [5, 5.41) is -0.885. The molecule has 0 aromatic heterocycles. The average Bonchev–Trinajstić information content (AvgIpc) is 2.37. The first-order valence-electron chi connectivity index (χ1n) is 4.01. The smallest absolute Gasteiger partial charge is 0.305 e. The predicted molar refractivity (Wildman–Crippen MR) is 43.0 cm³/mol. The summed E-state index contributed by atoms with van der Waals surface area (Å²) in [7, 11) is -4.35. The van der Waals surface area contributed by atoms with E-state index < -0.39 is 15.5 Å². The van der Waals surface area contributed by atoms with Crippen molar-refractivity contribution >= 4 is 10.2 Å². The lowest BCUT2D eigenvalue weighted by molar-refractivity contribution is 0.184. The van der Waals surface area contributed by atoms with Crippen LogP contribution in [0.1, 0.15) is 19.8 Å². The summed E-state index contributed by atoms with van der Waals surface area (Å²) in [6.45, 7) is 2.64. The normalized spacial score (nSPS) is 27.3. The van der Waals surface area contributed by atoms with Crippen molar-refractivity contribution in [2.75, 3.05) is 13.2 Å². The van der Waals surface area contributed by atoms with E-state index in [4.69, 9.17) is 4.74 Å². The van der Waals surface area contributed by atoms with Crippen LogP contribution in [0.25, 0.3) is 0 Å². The number of hydrogen-bond acceptors (Lipinski definition) is 3. The molecule has 1 fully saturated rings. The van der Waals surface area contributed by atoms with E-state index in [0.29, 0.717) is 19.6 Å². The largest absolute Gasteiger partial charge is 0.381 e. The molecule has 0 spiro atoms. The van der Waals surface area contributed by atoms with Gasteiger partial charge < -0.3 is 4.74 Å². The van der Waals surface area contributed by atoms with Crippen molar-refractivity contribution in [3.63, 3.8) is 0 Å². The van der Waals surface area contributed by atoms with E-state index >= 15 is 0 Å². The number of rotatable bonds is 3. The van der Waals surface area contributed by atoms with Crippen LogP contribution in [0, 0.1) is 5.92 Å². The third-order valence-corrected chi connectivity index (χ3v) is 3.32. The second-order valence-corrected chi connectivity index (χ2v) is 5.01. The Labute approximate surface area is 72.1 Å². The van der Waals surface area contributed by atoms with Crippen molar-refractivity contribution in [2.45, 2.75) is 25.0 Å². The second kappa shape index (κ2) is 3.70. The van der Waals surface area contributed by atoms with Crippen LogP contribution in [0.4, 0.5) is 3.89 Å². The molecule has 12 heavy (non-hydrogen) atoms. The summed E-state index contributed by atoms with van der Waals surface area (Å²) in [6.07, 6.45) is 1.22. The highest BCUT2D eigenvalue weighted by Gasteiger charge is 2.25. The third kappa shape index (κ3) is 2.71. The van der Waals surface area contributed by atoms with Crippen LogP contribution in [0.15, 0.2) is 0 Å². The van der Waals surface area contributed by atoms with Crippen molar-refractivity contribution in [1.29, 1.82) is 0 Å². The molecule has 3 nitrogen and oxygen atoms in total. The highest BCUT2D eigenvalue weighted by Crippen LogP contribution is 2.21. The van der Waals surface area contributed by atoms with Gasteiger partial charge in [-0.15, -0.1) is 3.89 Å². The summed E-state index contributed by atoms with van der Waals surface area (Å²) >= 11 is 0. The first kappa shape index (κ1) is 9.92. The van der Waals surface area contributed by atoms with E-state index in [1.165, 1.54) is 6.92 Å². The molecular formula is C7H13FO3S. The van der Waals surface area contributed by atoms with Gasteiger partial charge in [0.15, 0.2) is 0 Å². The highest BCUT2D eigenvalue weighted by molar-refractivity contribution is 7.86. The van der Waals surface area contributed by atoms with Gasteiger partial charge in [-0.25, -0.2) is 0 Å². The van der Waals surface area contributed by atoms with Gasteiger partial charge in [0.1, 0.15) is 0 Å². The molecule has 0 aromatic carbocycles. The maximum Gasteiger partial charge on any atom is 0.305 e. The molecule has 5 heteroatoms. The van der Waals surface area contributed by atoms with Crippen molar-refractivity contribution in [2.24, 2.45) is 5.92 Å². The topological polar surface area (TPSA) is 43.4 Å². The molecule has 0 saturated carbocycles. The zero-order valence-corrected chi connectivity index (χ0v) is 7.81. The van der Waals surface area contributed by atoms with Gasteiger partial charge in [-0.2, -0.15) is 8.42 Å². The Morgan fingerprint density at radius 3 is 2.75 bits per heavy atom. The van der Waals surface area contributed by atoms with E-state index in [0.717, 1.165) is 6.42 Å². The highest BCUT2D eigenvalue weighted by atomic mass is 32.3. The molecule has 1 aliphatic rings. The molecule has 72 valence electrons. The van der Waals surface area contributed by atoms with Crippen molar-refractivity contribution in [1.82, 2.24) is 0 Å². The molecule has 0 aromatic rings. The molecule has 0 bridgehead atoms. The first-order chi connectivity index (χ1) is 5.50. The fraction of sp³-hybridized carbons (Fsp3) is 1.00. The molecule has 0 aliphatic carbocycles. The Bertz CT molecular complexity index is 231. The van der Waals surface area contributed by atoms with Crippen LogP contribution in [-0.2, 0) is 15.0 Å². The predicted octanol–water partition coefficient (Wildman–Crippen LogP) is 1.10. The molecule has 0 radical (unpaired) electrons. The Hall–Kier alpha value is -0.160. The van der Waals surface area contributed by atoms with Gasteiger partial charge in [0.2, 0.25) is 0 Å². The van der Waals surface area contributed by atoms with Crippen LogP contribution in [-0.4, -0.2) is 26.9 Å². The van der Waals surface area contributed by atoms with E-state index in [1.807, 2.05) is 0 Å². The zero-order valence-electron chi connectivity index (χ0n) is 6.99. The number of halogens is 1. The van der Waals surface area contributed by atoms with Crippen LogP contribution in [0.2, 0.25) is 0 Å². The van der Waals surface area contributed by atoms with E-state index in [1.54, 1.807) is 0 Å². The second-order valence-electron chi connectivity index (χ2n) is 3.25. The minimum Gasteiger partial charge on any atom is -0.381 e. The zero-order chi connectivity index (χ0) is 9.19. The Balaban J connectivity index is 2.40. The molecule has 0 N–H and O–H groups in total. The molecule has 1 rings (SSSR count). The van der Waals surface area contributed by atoms with Crippen LogP contribution in [0.3, 0.4) is 0 Å². The summed E-state index contributed by atoms with van der Waals surface area (Å²) in [6, 6.07) is 0. The number of hydrogen-bond donors (Lipinski definition) is 0. The average molecular weight is 196 g/mol. The quantitative estimate of drug-likeness (QED) is 0.635. The molecule has 2 atom stereocenters. The maximum atomic E-state index is 12.4. The van der Waals surface area contributed by atoms with Gasteiger partial charge in [-0.05, 0) is 25.7 Å². The third-order valence-electron chi connectivity index (χ3n) is 2.17. The summed E-state index contributed by atoms with van der Waals surface area (Å²) < 4.78 is 38.2. The SMILES string of the molecule is CC(CC1CCOC1)S(=O)(=O)F. The first-order valence-corrected chi connectivity index (χ1v) is 5.46. The Morgan fingerprint density at radius 2 is 2.33 bits per heavy atom. The lowest BCUT2D eigenvalue weighted by Gasteiger charge is -2.10. The van der Waals surface area contributed by atoms with Gasteiger partial charge in [-0.1, -0.05) is 0 Å². The van der Waals surface area contributed by atoms with Crippen LogP contribution >= 0.6 is 0 Å². The minimum absolute atomic E-state index is 0.213. The van der Waals surface area contributed by atoms with E-state index in [2.05, 4.69) is 0 Å². The maximum absolute atomic E-state index is 12.4. The summed E-state index contributed by atoms with van der Waals surface area (Å²) in [5.41, 5.74) is 0. The molecular weight excluding hydrogens is 183 g/mol. The molecule has 1 saturated heterocycles. The molecule has 1 aliphatic heterocycles. The monoisotopic (exact) mass is 196 g/mol. The lowest BCUT2D eigenvalue weighted by Crippen LogP contribution is -2.17. The van der Waals surface area contributed by atoms with E-state index in [9.17, 15) is 12.3 Å². The lowest BCUT2D eigenvalue weighted by atomic mass is 10.0. The van der Waals surface area contributed by atoms with Crippen LogP contribution < -0.4 is 0 Å². The van der Waals surface area contributed by atoms with Gasteiger partial charge in [0, 0.05) is 13.2 Å². The van der Waals surface area contributed by atoms with Gasteiger partial charge >= 0.3 is 10.2 Å². The fourth-order valence-electron chi connectivity index (χ4n) is 1.35. The minimum atomic E-state index is -4.35. The number of ether oxygens (including phenoxy) is 1. The van der Waals surface area contributed by atoms with Crippen molar-refractivity contribution in [3.05, 3.63) is 0 Å². The fourth-order valence-corrected chi connectivity index (χ4v) is 1.86. The van der Waals surface area contributed by atoms with Gasteiger partial charge in [0.25, 0.3) is 0 Å². The Kier molecular flexibility index (Phi) is 3.06. The van der Waals surface area contributed by atoms with Gasteiger partial charge in [0.05, 0.1) is 5.25 Å². The van der Waals surface area contributed by atoms with E-state index in [-0.39, 0.29) is 5.92 Å². The standard InChI is InChI=1S/C7H13FO3S/c1-6(12(8,9)10)4-7-2-3-11-5-7/h6-7H,2-5H2,1H3. The molecule has 2 unspecified atom stereocenters. The summed E-state index contributed by atoms with van der Waals surface area (Å²) in [5.74, 6) is 0.213. The Morgan fingerprint density at radius 1 is 1.67 bits per heavy atom.